The number of aliphatic hydroxyl groups excluding tert-OH is 1. The molecule has 1 saturated heterocycles. The molecule has 148 valence electrons. The number of anilines is 1. The number of primary sulfonamides is 1. The Balaban J connectivity index is 2.29. The second-order valence-electron chi connectivity index (χ2n) is 6.66. The second kappa shape index (κ2) is 7.09. The van der Waals surface area contributed by atoms with Crippen molar-refractivity contribution in [2.24, 2.45) is 11.1 Å². The molecule has 1 unspecified atom stereocenters. The van der Waals surface area contributed by atoms with E-state index in [1.165, 1.54) is 6.07 Å². The van der Waals surface area contributed by atoms with E-state index in [-0.39, 0.29) is 23.9 Å². The van der Waals surface area contributed by atoms with Crippen LogP contribution < -0.4 is 10.0 Å². The molecule has 3 rings (SSSR count). The molecule has 2 heterocycles. The Morgan fingerprint density at radius 2 is 2.19 bits per heavy atom. The highest BCUT2D eigenvalue weighted by Crippen LogP contribution is 2.42. The average Bonchev–Trinajstić information content (AvgIpc) is 3.13. The number of alkyl halides is 2. The first-order valence-corrected chi connectivity index (χ1v) is 9.85. The van der Waals surface area contributed by atoms with Crippen LogP contribution in [0, 0.1) is 5.92 Å². The van der Waals surface area contributed by atoms with E-state index in [1.807, 2.05) is 4.90 Å². The Hall–Kier alpha value is -2.18. The van der Waals surface area contributed by atoms with Gasteiger partial charge in [-0.1, -0.05) is 0 Å². The number of benzene rings is 1. The molecule has 0 bridgehead atoms. The van der Waals surface area contributed by atoms with Crippen LogP contribution in [-0.2, 0) is 15.9 Å². The zero-order valence-electron chi connectivity index (χ0n) is 14.6. The van der Waals surface area contributed by atoms with Crippen molar-refractivity contribution in [3.63, 3.8) is 0 Å². The maximum Gasteiger partial charge on any atom is 0.271 e. The van der Waals surface area contributed by atoms with Crippen molar-refractivity contribution in [1.29, 1.82) is 0 Å². The number of sulfonamides is 1. The summed E-state index contributed by atoms with van der Waals surface area (Å²) in [4.78, 5) is 1.12. The van der Waals surface area contributed by atoms with E-state index in [2.05, 4.69) is 20.6 Å². The molecular formula is C15H20F2N6O3S. The molecule has 1 atom stereocenters. The summed E-state index contributed by atoms with van der Waals surface area (Å²) in [6.45, 7) is 1.58. The number of aromatic amines is 1. The Morgan fingerprint density at radius 1 is 1.44 bits per heavy atom. The summed E-state index contributed by atoms with van der Waals surface area (Å²) in [6.07, 6.45) is 1.58. The Labute approximate surface area is 154 Å². The van der Waals surface area contributed by atoms with Crippen molar-refractivity contribution in [2.45, 2.75) is 30.6 Å². The largest absolute Gasteiger partial charge is 0.396 e. The van der Waals surface area contributed by atoms with E-state index in [0.29, 0.717) is 25.7 Å². The monoisotopic (exact) mass is 402 g/mol. The van der Waals surface area contributed by atoms with Crippen molar-refractivity contribution in [1.82, 2.24) is 20.6 Å². The molecule has 1 aliphatic heterocycles. The van der Waals surface area contributed by atoms with Gasteiger partial charge in [0.05, 0.1) is 5.56 Å². The molecule has 12 heteroatoms. The minimum absolute atomic E-state index is 0.00956. The van der Waals surface area contributed by atoms with Crippen molar-refractivity contribution >= 4 is 15.7 Å². The number of tetrazole rings is 1. The lowest BCUT2D eigenvalue weighted by Gasteiger charge is -2.35. The van der Waals surface area contributed by atoms with Gasteiger partial charge in [0.25, 0.3) is 5.92 Å². The van der Waals surface area contributed by atoms with Gasteiger partial charge in [0, 0.05) is 37.9 Å². The third kappa shape index (κ3) is 3.92. The van der Waals surface area contributed by atoms with E-state index in [4.69, 9.17) is 5.14 Å². The van der Waals surface area contributed by atoms with Crippen LogP contribution >= 0.6 is 0 Å². The molecule has 1 aromatic carbocycles. The summed E-state index contributed by atoms with van der Waals surface area (Å²) in [6, 6.07) is 2.48. The number of nitrogens with one attached hydrogen (secondary N) is 1. The minimum atomic E-state index is -4.53. The van der Waals surface area contributed by atoms with Gasteiger partial charge in [-0.2, -0.15) is 0 Å². The number of rotatable bonds is 5. The SMILES string of the molecule is CC(F)(F)c1ccc(N2CCCC(CO)C2)c(-c2nnn[nH]2)c1S(N)(=O)=O. The van der Waals surface area contributed by atoms with Crippen LogP contribution in [0.4, 0.5) is 14.5 Å². The molecule has 2 aromatic rings. The van der Waals surface area contributed by atoms with Crippen molar-refractivity contribution in [2.75, 3.05) is 24.6 Å². The van der Waals surface area contributed by atoms with Crippen LogP contribution in [0.15, 0.2) is 17.0 Å². The molecular weight excluding hydrogens is 382 g/mol. The number of hydrogen-bond acceptors (Lipinski definition) is 7. The predicted molar refractivity (Wildman–Crippen MR) is 92.6 cm³/mol. The van der Waals surface area contributed by atoms with Crippen LogP contribution in [0.1, 0.15) is 25.3 Å². The van der Waals surface area contributed by atoms with Gasteiger partial charge < -0.3 is 10.0 Å². The van der Waals surface area contributed by atoms with Crippen LogP contribution in [-0.4, -0.2) is 53.8 Å². The zero-order valence-corrected chi connectivity index (χ0v) is 15.4. The molecule has 0 amide bonds. The third-order valence-electron chi connectivity index (χ3n) is 4.59. The maximum atomic E-state index is 14.1. The molecule has 1 aromatic heterocycles. The Morgan fingerprint density at radius 3 is 2.74 bits per heavy atom. The fraction of sp³-hybridized carbons (Fsp3) is 0.533. The summed E-state index contributed by atoms with van der Waals surface area (Å²) in [7, 11) is -4.53. The summed E-state index contributed by atoms with van der Waals surface area (Å²) in [5.74, 6) is -3.53. The molecule has 0 spiro atoms. The normalized spacial score (nSPS) is 18.7. The number of hydrogen-bond donors (Lipinski definition) is 3. The van der Waals surface area contributed by atoms with Crippen molar-refractivity contribution < 1.29 is 22.3 Å². The Kier molecular flexibility index (Phi) is 5.14. The standard InChI is InChI=1S/C15H20F2N6O3S/c1-15(16,17)10-4-5-11(23-6-2-3-9(7-23)8-24)12(13(10)27(18,25)26)14-19-21-22-20-14/h4-5,9,24H,2-3,6-8H2,1H3,(H2,18,25,26)(H,19,20,21,22). The number of nitrogens with two attached hydrogens (primary N) is 1. The van der Waals surface area contributed by atoms with Gasteiger partial charge in [0.15, 0.2) is 5.82 Å². The van der Waals surface area contributed by atoms with Gasteiger partial charge in [-0.25, -0.2) is 27.4 Å². The van der Waals surface area contributed by atoms with Gasteiger partial charge in [0.1, 0.15) is 4.90 Å². The van der Waals surface area contributed by atoms with E-state index >= 15 is 0 Å². The molecule has 1 fully saturated rings. The number of aliphatic hydroxyl groups is 1. The van der Waals surface area contributed by atoms with Crippen molar-refractivity contribution in [3.8, 4) is 11.4 Å². The molecule has 0 saturated carbocycles. The van der Waals surface area contributed by atoms with Crippen LogP contribution in [0.25, 0.3) is 11.4 Å². The highest BCUT2D eigenvalue weighted by molar-refractivity contribution is 7.89. The molecule has 1 aliphatic rings. The minimum Gasteiger partial charge on any atom is -0.396 e. The smallest absolute Gasteiger partial charge is 0.271 e. The maximum absolute atomic E-state index is 14.1. The summed E-state index contributed by atoms with van der Waals surface area (Å²) >= 11 is 0. The van der Waals surface area contributed by atoms with E-state index < -0.39 is 26.4 Å². The lowest BCUT2D eigenvalue weighted by molar-refractivity contribution is 0.0145. The van der Waals surface area contributed by atoms with Gasteiger partial charge in [0.2, 0.25) is 10.0 Å². The predicted octanol–water partition coefficient (Wildman–Crippen LogP) is 0.834. The highest BCUT2D eigenvalue weighted by Gasteiger charge is 2.37. The van der Waals surface area contributed by atoms with E-state index in [9.17, 15) is 22.3 Å². The summed E-state index contributed by atoms with van der Waals surface area (Å²) in [5, 5.41) is 27.8. The second-order valence-corrected chi connectivity index (χ2v) is 8.15. The first-order valence-electron chi connectivity index (χ1n) is 8.31. The number of H-pyrrole nitrogens is 1. The lowest BCUT2D eigenvalue weighted by atomic mass is 9.96. The number of aromatic nitrogens is 4. The molecule has 0 aliphatic carbocycles. The summed E-state index contributed by atoms with van der Waals surface area (Å²) < 4.78 is 52.8. The van der Waals surface area contributed by atoms with Crippen LogP contribution in [0.5, 0.6) is 0 Å². The van der Waals surface area contributed by atoms with Crippen LogP contribution in [0.3, 0.4) is 0 Å². The number of nitrogens with zero attached hydrogens (tertiary/aromatic N) is 4. The lowest BCUT2D eigenvalue weighted by Crippen LogP contribution is -2.37. The fourth-order valence-electron chi connectivity index (χ4n) is 3.40. The fourth-order valence-corrected chi connectivity index (χ4v) is 4.44. The molecule has 27 heavy (non-hydrogen) atoms. The first-order chi connectivity index (χ1) is 12.6. The highest BCUT2D eigenvalue weighted by atomic mass is 32.2. The number of piperidine rings is 1. The van der Waals surface area contributed by atoms with E-state index in [0.717, 1.165) is 18.9 Å². The number of halogens is 2. The van der Waals surface area contributed by atoms with E-state index in [1.54, 1.807) is 0 Å². The molecule has 9 nitrogen and oxygen atoms in total. The topological polar surface area (TPSA) is 138 Å². The third-order valence-corrected chi connectivity index (χ3v) is 5.59. The zero-order chi connectivity index (χ0) is 19.8. The van der Waals surface area contributed by atoms with Gasteiger partial charge in [-0.15, -0.1) is 5.10 Å². The summed E-state index contributed by atoms with van der Waals surface area (Å²) in [5.41, 5.74) is -0.459. The van der Waals surface area contributed by atoms with Crippen LogP contribution in [0.2, 0.25) is 0 Å². The first kappa shape index (κ1) is 19.6. The molecule has 4 N–H and O–H groups in total. The average molecular weight is 402 g/mol. The van der Waals surface area contributed by atoms with Gasteiger partial charge in [-0.3, -0.25) is 0 Å². The molecule has 0 radical (unpaired) electrons. The quantitative estimate of drug-likeness (QED) is 0.673. The Bertz CT molecular complexity index is 914. The van der Waals surface area contributed by atoms with Gasteiger partial charge in [-0.05, 0) is 41.3 Å². The van der Waals surface area contributed by atoms with Crippen molar-refractivity contribution in [3.05, 3.63) is 17.7 Å². The van der Waals surface area contributed by atoms with Gasteiger partial charge >= 0.3 is 0 Å².